The molecule has 0 radical (unpaired) electrons. The summed E-state index contributed by atoms with van der Waals surface area (Å²) in [5.41, 5.74) is 4.73. The Balaban J connectivity index is 1.84. The van der Waals surface area contributed by atoms with Gasteiger partial charge in [0.25, 0.3) is 0 Å². The number of hydrogen-bond acceptors (Lipinski definition) is 1. The number of hydrogen-bond donors (Lipinski definition) is 1. The Morgan fingerprint density at radius 1 is 0.833 bits per heavy atom. The van der Waals surface area contributed by atoms with E-state index in [1.165, 1.54) is 16.7 Å². The lowest BCUT2D eigenvalue weighted by Gasteiger charge is -2.17. The average molecular weight is 334 g/mol. The second-order valence-corrected chi connectivity index (χ2v) is 6.25. The van der Waals surface area contributed by atoms with E-state index in [2.05, 4.69) is 72.9 Å². The summed E-state index contributed by atoms with van der Waals surface area (Å²) < 4.78 is 0. The summed E-state index contributed by atoms with van der Waals surface area (Å²) in [4.78, 5) is 0. The molecule has 3 aromatic carbocycles. The fraction of sp³-hybridized carbons (Fsp3) is 0.0909. The molecule has 0 aliphatic heterocycles. The molecule has 0 spiro atoms. The maximum absolute atomic E-state index is 5.98. The van der Waals surface area contributed by atoms with Gasteiger partial charge in [-0.25, -0.2) is 0 Å². The Kier molecular flexibility index (Phi) is 5.35. The molecule has 2 heteroatoms. The van der Waals surface area contributed by atoms with E-state index < -0.39 is 0 Å². The molecule has 3 aromatic rings. The SMILES string of the molecule is Cc1ccc(/C=C/C(Nc2ccc(Cl)cc2)c2ccccc2)cc1. The third-order valence-corrected chi connectivity index (χ3v) is 4.14. The number of aryl methyl sites for hydroxylation is 1. The number of nitrogens with one attached hydrogen (secondary N) is 1. The number of rotatable bonds is 5. The first-order valence-corrected chi connectivity index (χ1v) is 8.40. The fourth-order valence-electron chi connectivity index (χ4n) is 2.51. The molecule has 0 saturated heterocycles. The molecular formula is C22H20ClN. The van der Waals surface area contributed by atoms with Crippen LogP contribution in [0.3, 0.4) is 0 Å². The number of benzene rings is 3. The molecule has 0 fully saturated rings. The van der Waals surface area contributed by atoms with Crippen molar-refractivity contribution in [3.8, 4) is 0 Å². The van der Waals surface area contributed by atoms with Crippen LogP contribution in [0.2, 0.25) is 5.02 Å². The van der Waals surface area contributed by atoms with Gasteiger partial charge in [-0.3, -0.25) is 0 Å². The highest BCUT2D eigenvalue weighted by Gasteiger charge is 2.07. The summed E-state index contributed by atoms with van der Waals surface area (Å²) in [6.07, 6.45) is 4.34. The van der Waals surface area contributed by atoms with Crippen LogP contribution in [0, 0.1) is 6.92 Å². The van der Waals surface area contributed by atoms with Gasteiger partial charge in [0.1, 0.15) is 0 Å². The van der Waals surface area contributed by atoms with Crippen molar-refractivity contribution < 1.29 is 0 Å². The van der Waals surface area contributed by atoms with Gasteiger partial charge in [-0.2, -0.15) is 0 Å². The molecule has 1 N–H and O–H groups in total. The summed E-state index contributed by atoms with van der Waals surface area (Å²) in [7, 11) is 0. The minimum absolute atomic E-state index is 0.0914. The van der Waals surface area contributed by atoms with Crippen molar-refractivity contribution >= 4 is 23.4 Å². The van der Waals surface area contributed by atoms with Crippen LogP contribution in [0.15, 0.2) is 84.9 Å². The smallest absolute Gasteiger partial charge is 0.0701 e. The molecule has 120 valence electrons. The molecule has 3 rings (SSSR count). The van der Waals surface area contributed by atoms with Crippen LogP contribution in [0.25, 0.3) is 6.08 Å². The van der Waals surface area contributed by atoms with Gasteiger partial charge in [0.05, 0.1) is 6.04 Å². The summed E-state index contributed by atoms with van der Waals surface area (Å²) in [6.45, 7) is 2.10. The fourth-order valence-corrected chi connectivity index (χ4v) is 2.64. The second-order valence-electron chi connectivity index (χ2n) is 5.81. The van der Waals surface area contributed by atoms with Gasteiger partial charge in [-0.15, -0.1) is 0 Å². The highest BCUT2D eigenvalue weighted by Crippen LogP contribution is 2.23. The third-order valence-electron chi connectivity index (χ3n) is 3.88. The van der Waals surface area contributed by atoms with Gasteiger partial charge in [-0.05, 0) is 42.3 Å². The Bertz CT molecular complexity index is 790. The van der Waals surface area contributed by atoms with E-state index in [4.69, 9.17) is 11.6 Å². The maximum atomic E-state index is 5.98. The molecule has 0 heterocycles. The standard InChI is InChI=1S/C22H20ClN/c1-17-7-9-18(10-8-17)11-16-22(19-5-3-2-4-6-19)24-21-14-12-20(23)13-15-21/h2-16,22,24H,1H3/b16-11+. The molecule has 1 unspecified atom stereocenters. The van der Waals surface area contributed by atoms with Gasteiger partial charge in [0, 0.05) is 10.7 Å². The van der Waals surface area contributed by atoms with Crippen molar-refractivity contribution in [3.05, 3.63) is 107 Å². The van der Waals surface area contributed by atoms with Crippen LogP contribution >= 0.6 is 11.6 Å². The average Bonchev–Trinajstić information content (AvgIpc) is 2.62. The van der Waals surface area contributed by atoms with E-state index in [1.54, 1.807) is 0 Å². The van der Waals surface area contributed by atoms with Gasteiger partial charge < -0.3 is 5.32 Å². The predicted octanol–water partition coefficient (Wildman–Crippen LogP) is 6.52. The van der Waals surface area contributed by atoms with Crippen LogP contribution in [0.1, 0.15) is 22.7 Å². The first kappa shape index (κ1) is 16.4. The molecule has 0 bridgehead atoms. The van der Waals surface area contributed by atoms with E-state index in [0.717, 1.165) is 10.7 Å². The molecule has 0 amide bonds. The highest BCUT2D eigenvalue weighted by atomic mass is 35.5. The first-order valence-electron chi connectivity index (χ1n) is 8.03. The van der Waals surface area contributed by atoms with E-state index in [0.29, 0.717) is 0 Å². The van der Waals surface area contributed by atoms with Crippen LogP contribution in [-0.2, 0) is 0 Å². The molecule has 1 atom stereocenters. The Morgan fingerprint density at radius 3 is 2.17 bits per heavy atom. The Labute approximate surface area is 148 Å². The molecule has 0 aliphatic rings. The van der Waals surface area contributed by atoms with Crippen molar-refractivity contribution in [1.29, 1.82) is 0 Å². The summed E-state index contributed by atoms with van der Waals surface area (Å²) >= 11 is 5.98. The quantitative estimate of drug-likeness (QED) is 0.560. The van der Waals surface area contributed by atoms with Crippen LogP contribution < -0.4 is 5.32 Å². The third kappa shape index (κ3) is 4.50. The van der Waals surface area contributed by atoms with E-state index in [9.17, 15) is 0 Å². The molecule has 1 nitrogen and oxygen atoms in total. The van der Waals surface area contributed by atoms with Crippen LogP contribution in [0.5, 0.6) is 0 Å². The van der Waals surface area contributed by atoms with Crippen LogP contribution in [0.4, 0.5) is 5.69 Å². The molecule has 0 saturated carbocycles. The minimum atomic E-state index is 0.0914. The van der Waals surface area contributed by atoms with Crippen molar-refractivity contribution in [2.75, 3.05) is 5.32 Å². The van der Waals surface area contributed by atoms with Crippen molar-refractivity contribution in [3.63, 3.8) is 0 Å². The zero-order valence-corrected chi connectivity index (χ0v) is 14.4. The Morgan fingerprint density at radius 2 is 1.50 bits per heavy atom. The molecular weight excluding hydrogens is 314 g/mol. The lowest BCUT2D eigenvalue weighted by atomic mass is 10.0. The zero-order chi connectivity index (χ0) is 16.8. The van der Waals surface area contributed by atoms with E-state index in [-0.39, 0.29) is 6.04 Å². The largest absolute Gasteiger partial charge is 0.375 e. The lowest BCUT2D eigenvalue weighted by molar-refractivity contribution is 0.990. The molecule has 0 aliphatic carbocycles. The second kappa shape index (κ2) is 7.85. The van der Waals surface area contributed by atoms with Gasteiger partial charge in [-0.1, -0.05) is 83.9 Å². The topological polar surface area (TPSA) is 12.0 Å². The number of anilines is 1. The van der Waals surface area contributed by atoms with Crippen molar-refractivity contribution in [2.24, 2.45) is 0 Å². The Hall–Kier alpha value is -2.51. The van der Waals surface area contributed by atoms with Gasteiger partial charge in [0.15, 0.2) is 0 Å². The first-order chi connectivity index (χ1) is 11.7. The summed E-state index contributed by atoms with van der Waals surface area (Å²) in [5, 5.41) is 4.30. The highest BCUT2D eigenvalue weighted by molar-refractivity contribution is 6.30. The predicted molar refractivity (Wildman–Crippen MR) is 104 cm³/mol. The summed E-state index contributed by atoms with van der Waals surface area (Å²) in [5.74, 6) is 0. The zero-order valence-electron chi connectivity index (χ0n) is 13.6. The monoisotopic (exact) mass is 333 g/mol. The molecule has 24 heavy (non-hydrogen) atoms. The lowest BCUT2D eigenvalue weighted by Crippen LogP contribution is -2.07. The minimum Gasteiger partial charge on any atom is -0.375 e. The van der Waals surface area contributed by atoms with Crippen molar-refractivity contribution in [1.82, 2.24) is 0 Å². The van der Waals surface area contributed by atoms with E-state index in [1.807, 2.05) is 30.3 Å². The molecule has 0 aromatic heterocycles. The number of halogens is 1. The van der Waals surface area contributed by atoms with Crippen molar-refractivity contribution in [2.45, 2.75) is 13.0 Å². The van der Waals surface area contributed by atoms with Crippen LogP contribution in [-0.4, -0.2) is 0 Å². The normalized spacial score (nSPS) is 12.2. The maximum Gasteiger partial charge on any atom is 0.0701 e. The van der Waals surface area contributed by atoms with Gasteiger partial charge in [0.2, 0.25) is 0 Å². The van der Waals surface area contributed by atoms with E-state index >= 15 is 0 Å². The summed E-state index contributed by atoms with van der Waals surface area (Å²) in [6, 6.07) is 26.8. The van der Waals surface area contributed by atoms with Gasteiger partial charge >= 0.3 is 0 Å².